The van der Waals surface area contributed by atoms with Crippen molar-refractivity contribution in [1.29, 1.82) is 0 Å². The van der Waals surface area contributed by atoms with E-state index in [0.29, 0.717) is 16.4 Å². The number of fused-ring (bicyclic) bond motifs is 1. The average Bonchev–Trinajstić information content (AvgIpc) is 2.62. The van der Waals surface area contributed by atoms with Gasteiger partial charge in [-0.05, 0) is 24.3 Å². The van der Waals surface area contributed by atoms with Crippen LogP contribution in [0.1, 0.15) is 0 Å². The molecular weight excluding hydrogens is 264 g/mol. The highest BCUT2D eigenvalue weighted by molar-refractivity contribution is 5.75. The first kappa shape index (κ1) is 12.9. The summed E-state index contributed by atoms with van der Waals surface area (Å²) in [6.45, 7) is 0. The number of nitrogens with one attached hydrogen (secondary N) is 1. The van der Waals surface area contributed by atoms with Gasteiger partial charge in [0, 0.05) is 0 Å². The fourth-order valence-electron chi connectivity index (χ4n) is 1.90. The third-order valence-electron chi connectivity index (χ3n) is 2.92. The van der Waals surface area contributed by atoms with Gasteiger partial charge in [-0.1, -0.05) is 30.3 Å². The van der Waals surface area contributed by atoms with Crippen molar-refractivity contribution in [3.63, 3.8) is 0 Å². The van der Waals surface area contributed by atoms with Crippen molar-refractivity contribution in [3.05, 3.63) is 60.0 Å². The van der Waals surface area contributed by atoms with Gasteiger partial charge in [0.25, 0.3) is 0 Å². The quantitative estimate of drug-likeness (QED) is 0.619. The van der Waals surface area contributed by atoms with E-state index in [1.165, 1.54) is 0 Å². The molecule has 104 valence electrons. The third-order valence-corrected chi connectivity index (χ3v) is 2.92. The Balaban J connectivity index is 2.14. The van der Waals surface area contributed by atoms with Crippen molar-refractivity contribution in [2.45, 2.75) is 0 Å². The zero-order chi connectivity index (χ0) is 14.7. The lowest BCUT2D eigenvalue weighted by molar-refractivity contribution is 1.19. The van der Waals surface area contributed by atoms with Crippen LogP contribution in [0.2, 0.25) is 0 Å². The number of nitrogens with zero attached hydrogens (tertiary/aromatic N) is 3. The Kier molecular flexibility index (Phi) is 3.34. The molecule has 0 aliphatic carbocycles. The van der Waals surface area contributed by atoms with Gasteiger partial charge in [-0.25, -0.2) is 9.97 Å². The number of anilines is 3. The first-order chi connectivity index (χ1) is 10.2. The molecule has 0 saturated heterocycles. The molecule has 0 aliphatic rings. The van der Waals surface area contributed by atoms with Crippen LogP contribution in [0.4, 0.5) is 17.3 Å². The van der Waals surface area contributed by atoms with E-state index in [4.69, 9.17) is 11.5 Å². The predicted molar refractivity (Wildman–Crippen MR) is 84.0 cm³/mol. The Labute approximate surface area is 121 Å². The molecule has 0 spiro atoms. The zero-order valence-corrected chi connectivity index (χ0v) is 11.2. The third kappa shape index (κ3) is 2.74. The minimum absolute atomic E-state index is 0.227. The van der Waals surface area contributed by atoms with E-state index in [1.54, 1.807) is 0 Å². The minimum Gasteiger partial charge on any atom is -0.382 e. The second-order valence-corrected chi connectivity index (χ2v) is 4.42. The van der Waals surface area contributed by atoms with Crippen LogP contribution in [0.5, 0.6) is 0 Å². The molecule has 1 heterocycles. The maximum atomic E-state index is 5.97. The number of rotatable bonds is 2. The number of para-hydroxylation sites is 3. The highest BCUT2D eigenvalue weighted by Gasteiger charge is 2.02. The molecule has 0 radical (unpaired) electrons. The normalized spacial score (nSPS) is 10.3. The summed E-state index contributed by atoms with van der Waals surface area (Å²) in [5.41, 5.74) is 17.0. The molecule has 6 heteroatoms. The Hall–Kier alpha value is -3.15. The molecule has 6 nitrogen and oxygen atoms in total. The van der Waals surface area contributed by atoms with Crippen LogP contribution >= 0.6 is 0 Å². The molecule has 1 aromatic heterocycles. The summed E-state index contributed by atoms with van der Waals surface area (Å²) >= 11 is 0. The molecule has 0 unspecified atom stereocenters. The highest BCUT2D eigenvalue weighted by Crippen LogP contribution is 2.09. The Bertz CT molecular complexity index is 798. The molecule has 3 aromatic rings. The summed E-state index contributed by atoms with van der Waals surface area (Å²) in [4.78, 5) is 8.63. The second-order valence-electron chi connectivity index (χ2n) is 4.42. The van der Waals surface area contributed by atoms with Gasteiger partial charge in [0.1, 0.15) is 0 Å². The molecule has 5 N–H and O–H groups in total. The van der Waals surface area contributed by atoms with Crippen molar-refractivity contribution in [3.8, 4) is 0 Å². The van der Waals surface area contributed by atoms with Gasteiger partial charge in [-0.2, -0.15) is 5.10 Å². The molecule has 0 aliphatic heterocycles. The monoisotopic (exact) mass is 278 g/mol. The molecule has 0 amide bonds. The Morgan fingerprint density at radius 2 is 1.29 bits per heavy atom. The minimum atomic E-state index is 0.227. The number of hydrogen-bond acceptors (Lipinski definition) is 6. The van der Waals surface area contributed by atoms with Gasteiger partial charge < -0.3 is 11.5 Å². The number of hydrogen-bond donors (Lipinski definition) is 3. The maximum Gasteiger partial charge on any atom is 0.167 e. The van der Waals surface area contributed by atoms with Crippen LogP contribution < -0.4 is 22.3 Å². The summed E-state index contributed by atoms with van der Waals surface area (Å²) < 4.78 is 0. The number of nitrogens with two attached hydrogens (primary N) is 2. The Morgan fingerprint density at radius 1 is 0.762 bits per heavy atom. The van der Waals surface area contributed by atoms with E-state index in [1.807, 2.05) is 54.6 Å². The van der Waals surface area contributed by atoms with Crippen LogP contribution in [0.3, 0.4) is 0 Å². The molecule has 0 saturated carbocycles. The molecule has 3 rings (SSSR count). The van der Waals surface area contributed by atoms with E-state index in [9.17, 15) is 0 Å². The number of benzene rings is 2. The van der Waals surface area contributed by atoms with Crippen LogP contribution in [-0.4, -0.2) is 9.97 Å². The molecule has 0 fully saturated rings. The zero-order valence-electron chi connectivity index (χ0n) is 11.2. The average molecular weight is 278 g/mol. The van der Waals surface area contributed by atoms with Crippen LogP contribution in [-0.2, 0) is 0 Å². The van der Waals surface area contributed by atoms with E-state index >= 15 is 0 Å². The van der Waals surface area contributed by atoms with Crippen molar-refractivity contribution in [2.75, 3.05) is 16.9 Å². The summed E-state index contributed by atoms with van der Waals surface area (Å²) in [6.07, 6.45) is 0. The van der Waals surface area contributed by atoms with Crippen LogP contribution in [0, 0.1) is 0 Å². The smallest absolute Gasteiger partial charge is 0.167 e. The summed E-state index contributed by atoms with van der Waals surface area (Å²) in [6, 6.07) is 16.9. The van der Waals surface area contributed by atoms with Crippen molar-refractivity contribution in [1.82, 2.24) is 9.97 Å². The molecule has 2 aromatic carbocycles. The van der Waals surface area contributed by atoms with Gasteiger partial charge in [-0.15, -0.1) is 0 Å². The highest BCUT2D eigenvalue weighted by atomic mass is 15.3. The van der Waals surface area contributed by atoms with Crippen molar-refractivity contribution >= 4 is 28.4 Å². The molecule has 21 heavy (non-hydrogen) atoms. The van der Waals surface area contributed by atoms with Gasteiger partial charge in [0.15, 0.2) is 17.0 Å². The number of nitrogen functional groups attached to an aromatic ring is 2. The predicted octanol–water partition coefficient (Wildman–Crippen LogP) is 1.72. The topological polar surface area (TPSA) is 102 Å². The maximum absolute atomic E-state index is 5.97. The molecule has 0 bridgehead atoms. The van der Waals surface area contributed by atoms with Crippen molar-refractivity contribution in [2.24, 2.45) is 5.10 Å². The summed E-state index contributed by atoms with van der Waals surface area (Å²) in [7, 11) is 0. The van der Waals surface area contributed by atoms with Crippen molar-refractivity contribution < 1.29 is 0 Å². The summed E-state index contributed by atoms with van der Waals surface area (Å²) in [5.74, 6) is 0.453. The largest absolute Gasteiger partial charge is 0.382 e. The molecule has 0 atom stereocenters. The van der Waals surface area contributed by atoms with Crippen LogP contribution in [0.25, 0.3) is 11.0 Å². The van der Waals surface area contributed by atoms with Gasteiger partial charge >= 0.3 is 0 Å². The first-order valence-corrected chi connectivity index (χ1v) is 6.41. The van der Waals surface area contributed by atoms with Crippen LogP contribution in [0.15, 0.2) is 59.7 Å². The molecular formula is C15H14N6. The van der Waals surface area contributed by atoms with E-state index < -0.39 is 0 Å². The lowest BCUT2D eigenvalue weighted by Crippen LogP contribution is -2.16. The first-order valence-electron chi connectivity index (χ1n) is 6.41. The van der Waals surface area contributed by atoms with E-state index in [0.717, 1.165) is 5.69 Å². The van der Waals surface area contributed by atoms with Gasteiger partial charge in [0.2, 0.25) is 0 Å². The van der Waals surface area contributed by atoms with E-state index in [2.05, 4.69) is 20.5 Å². The fraction of sp³-hybridized carbons (Fsp3) is 0. The van der Waals surface area contributed by atoms with Gasteiger partial charge in [-0.3, -0.25) is 5.43 Å². The number of aromatic nitrogens is 2. The fourth-order valence-corrected chi connectivity index (χ4v) is 1.90. The van der Waals surface area contributed by atoms with E-state index in [-0.39, 0.29) is 11.6 Å². The standard InChI is InChI=1S/C15H14N6/c16-14-13(21-20-10-6-2-1-3-7-10)15(17)19-12-9-5-4-8-11(12)18-14/h1-9,20H,(H4,16,17,18,19,21). The Morgan fingerprint density at radius 3 is 1.86 bits per heavy atom. The lowest BCUT2D eigenvalue weighted by Gasteiger charge is -1.98. The summed E-state index contributed by atoms with van der Waals surface area (Å²) in [5, 5.41) is 4.54. The second kappa shape index (κ2) is 5.46. The van der Waals surface area contributed by atoms with Gasteiger partial charge in [0.05, 0.1) is 16.7 Å². The SMILES string of the molecule is Nc1nc2ccccc2nc(N)c1=NNc1ccccc1. The lowest BCUT2D eigenvalue weighted by atomic mass is 10.3.